The lowest BCUT2D eigenvalue weighted by molar-refractivity contribution is 0.211. The molecule has 0 aromatic carbocycles. The van der Waals surface area contributed by atoms with Crippen molar-refractivity contribution in [2.75, 3.05) is 19.7 Å². The summed E-state index contributed by atoms with van der Waals surface area (Å²) in [7, 11) is 0. The molecule has 2 atom stereocenters. The van der Waals surface area contributed by atoms with Crippen molar-refractivity contribution in [2.45, 2.75) is 5.92 Å². The van der Waals surface area contributed by atoms with E-state index in [1.807, 2.05) is 12.1 Å². The molecule has 2 aromatic heterocycles. The molecule has 6 nitrogen and oxygen atoms in total. The third-order valence-electron chi connectivity index (χ3n) is 3.27. The Morgan fingerprint density at radius 1 is 1.33 bits per heavy atom. The van der Waals surface area contributed by atoms with Crippen LogP contribution in [0.5, 0.6) is 0 Å². The summed E-state index contributed by atoms with van der Waals surface area (Å²) < 4.78 is 5.30. The van der Waals surface area contributed by atoms with Crippen molar-refractivity contribution in [1.82, 2.24) is 20.4 Å². The van der Waals surface area contributed by atoms with Gasteiger partial charge in [-0.15, -0.1) is 0 Å². The molecule has 6 heteroatoms. The Kier molecular flexibility index (Phi) is 3.04. The van der Waals surface area contributed by atoms with Crippen molar-refractivity contribution in [3.8, 4) is 11.4 Å². The number of rotatable bonds is 3. The average Bonchev–Trinajstić information content (AvgIpc) is 3.08. The fourth-order valence-electron chi connectivity index (χ4n) is 2.22. The van der Waals surface area contributed by atoms with E-state index in [4.69, 9.17) is 4.52 Å². The molecule has 2 aromatic rings. The normalized spacial score (nSPS) is 23.4. The number of aromatic nitrogens is 3. The summed E-state index contributed by atoms with van der Waals surface area (Å²) in [6.45, 7) is 1.68. The Hall–Kier alpha value is -1.79. The standard InChI is InChI=1S/C12H14N4O2/c17-7-9-5-14-6-10(9)12-15-11(16-18-12)8-1-3-13-4-2-8/h1-4,9-10,14,17H,5-7H2/t9-,10+/m0/s1. The monoisotopic (exact) mass is 246 g/mol. The summed E-state index contributed by atoms with van der Waals surface area (Å²) in [5.74, 6) is 1.40. The maximum atomic E-state index is 9.28. The van der Waals surface area contributed by atoms with Gasteiger partial charge in [0, 0.05) is 43.6 Å². The van der Waals surface area contributed by atoms with Crippen LogP contribution in [0.1, 0.15) is 11.8 Å². The van der Waals surface area contributed by atoms with Crippen molar-refractivity contribution < 1.29 is 9.63 Å². The van der Waals surface area contributed by atoms with Crippen molar-refractivity contribution in [1.29, 1.82) is 0 Å². The Bertz CT molecular complexity index is 514. The molecule has 3 rings (SSSR count). The van der Waals surface area contributed by atoms with E-state index in [0.29, 0.717) is 11.7 Å². The van der Waals surface area contributed by atoms with Crippen LogP contribution in [0.15, 0.2) is 29.0 Å². The minimum atomic E-state index is 0.0955. The molecule has 0 aliphatic carbocycles. The molecule has 0 amide bonds. The third-order valence-corrected chi connectivity index (χ3v) is 3.27. The lowest BCUT2D eigenvalue weighted by Crippen LogP contribution is -2.15. The Labute approximate surface area is 104 Å². The van der Waals surface area contributed by atoms with Crippen LogP contribution in [0.4, 0.5) is 0 Å². The van der Waals surface area contributed by atoms with Crippen LogP contribution in [-0.2, 0) is 0 Å². The zero-order chi connectivity index (χ0) is 12.4. The molecule has 0 bridgehead atoms. The van der Waals surface area contributed by atoms with E-state index in [1.54, 1.807) is 12.4 Å². The van der Waals surface area contributed by atoms with E-state index in [-0.39, 0.29) is 18.4 Å². The summed E-state index contributed by atoms with van der Waals surface area (Å²) in [5, 5.41) is 16.5. The summed E-state index contributed by atoms with van der Waals surface area (Å²) in [4.78, 5) is 8.36. The molecule has 1 aliphatic heterocycles. The summed E-state index contributed by atoms with van der Waals surface area (Å²) in [6, 6.07) is 3.68. The van der Waals surface area contributed by atoms with Crippen LogP contribution < -0.4 is 5.32 Å². The summed E-state index contributed by atoms with van der Waals surface area (Å²) in [5.41, 5.74) is 0.881. The SMILES string of the molecule is OC[C@@H]1CNC[C@H]1c1nc(-c2ccncc2)no1. The molecule has 0 radical (unpaired) electrons. The number of aliphatic hydroxyl groups excluding tert-OH is 1. The van der Waals surface area contributed by atoms with Crippen LogP contribution in [0.25, 0.3) is 11.4 Å². The highest BCUT2D eigenvalue weighted by molar-refractivity contribution is 5.52. The average molecular weight is 246 g/mol. The van der Waals surface area contributed by atoms with Gasteiger partial charge < -0.3 is 14.9 Å². The van der Waals surface area contributed by atoms with Gasteiger partial charge >= 0.3 is 0 Å². The molecule has 0 spiro atoms. The van der Waals surface area contributed by atoms with Gasteiger partial charge in [-0.25, -0.2) is 0 Å². The third kappa shape index (κ3) is 2.00. The number of aliphatic hydroxyl groups is 1. The van der Waals surface area contributed by atoms with Gasteiger partial charge in [0.25, 0.3) is 0 Å². The first-order valence-electron chi connectivity index (χ1n) is 5.94. The Morgan fingerprint density at radius 3 is 2.94 bits per heavy atom. The van der Waals surface area contributed by atoms with Crippen molar-refractivity contribution >= 4 is 0 Å². The fraction of sp³-hybridized carbons (Fsp3) is 0.417. The number of hydrogen-bond donors (Lipinski definition) is 2. The maximum absolute atomic E-state index is 9.28. The highest BCUT2D eigenvalue weighted by Gasteiger charge is 2.32. The first-order chi connectivity index (χ1) is 8.88. The molecule has 0 unspecified atom stereocenters. The quantitative estimate of drug-likeness (QED) is 0.817. The number of hydrogen-bond acceptors (Lipinski definition) is 6. The zero-order valence-corrected chi connectivity index (χ0v) is 9.78. The lowest BCUT2D eigenvalue weighted by Gasteiger charge is -2.10. The van der Waals surface area contributed by atoms with E-state index >= 15 is 0 Å². The van der Waals surface area contributed by atoms with E-state index < -0.39 is 0 Å². The fourth-order valence-corrected chi connectivity index (χ4v) is 2.22. The van der Waals surface area contributed by atoms with E-state index in [0.717, 1.165) is 18.7 Å². The van der Waals surface area contributed by atoms with Crippen molar-refractivity contribution in [3.63, 3.8) is 0 Å². The summed E-state index contributed by atoms with van der Waals surface area (Å²) in [6.07, 6.45) is 3.39. The second-order valence-electron chi connectivity index (χ2n) is 4.40. The molecule has 18 heavy (non-hydrogen) atoms. The molecule has 1 aliphatic rings. The number of nitrogens with zero attached hydrogens (tertiary/aromatic N) is 3. The van der Waals surface area contributed by atoms with E-state index in [2.05, 4.69) is 20.4 Å². The van der Waals surface area contributed by atoms with Crippen LogP contribution in [0.3, 0.4) is 0 Å². The van der Waals surface area contributed by atoms with Crippen molar-refractivity contribution in [3.05, 3.63) is 30.4 Å². The van der Waals surface area contributed by atoms with Gasteiger partial charge in [0.1, 0.15) is 0 Å². The first-order valence-corrected chi connectivity index (χ1v) is 5.94. The predicted molar refractivity (Wildman–Crippen MR) is 63.7 cm³/mol. The second-order valence-corrected chi connectivity index (χ2v) is 4.40. The van der Waals surface area contributed by atoms with Gasteiger partial charge in [0.15, 0.2) is 0 Å². The van der Waals surface area contributed by atoms with E-state index in [9.17, 15) is 5.11 Å². The summed E-state index contributed by atoms with van der Waals surface area (Å²) >= 11 is 0. The van der Waals surface area contributed by atoms with Crippen LogP contribution in [0, 0.1) is 5.92 Å². The Morgan fingerprint density at radius 2 is 2.17 bits per heavy atom. The van der Waals surface area contributed by atoms with Gasteiger partial charge in [-0.05, 0) is 12.1 Å². The predicted octanol–water partition coefficient (Wildman–Crippen LogP) is 0.427. The van der Waals surface area contributed by atoms with Crippen LogP contribution in [-0.4, -0.2) is 39.9 Å². The van der Waals surface area contributed by atoms with Gasteiger partial charge in [-0.3, -0.25) is 4.98 Å². The van der Waals surface area contributed by atoms with Crippen molar-refractivity contribution in [2.24, 2.45) is 5.92 Å². The molecule has 0 saturated carbocycles. The minimum Gasteiger partial charge on any atom is -0.396 e. The molecule has 1 saturated heterocycles. The topological polar surface area (TPSA) is 84.1 Å². The molecule has 94 valence electrons. The first kappa shape index (κ1) is 11.3. The lowest BCUT2D eigenvalue weighted by atomic mass is 9.97. The maximum Gasteiger partial charge on any atom is 0.231 e. The van der Waals surface area contributed by atoms with Gasteiger partial charge in [0.05, 0.1) is 5.92 Å². The molecular weight excluding hydrogens is 232 g/mol. The highest BCUT2D eigenvalue weighted by Crippen LogP contribution is 2.27. The Balaban J connectivity index is 1.86. The number of pyridine rings is 1. The smallest absolute Gasteiger partial charge is 0.231 e. The molecule has 1 fully saturated rings. The van der Waals surface area contributed by atoms with Crippen LogP contribution in [0.2, 0.25) is 0 Å². The molecule has 3 heterocycles. The van der Waals surface area contributed by atoms with E-state index in [1.165, 1.54) is 0 Å². The van der Waals surface area contributed by atoms with Crippen LogP contribution >= 0.6 is 0 Å². The zero-order valence-electron chi connectivity index (χ0n) is 9.78. The van der Waals surface area contributed by atoms with Gasteiger partial charge in [0.2, 0.25) is 11.7 Å². The largest absolute Gasteiger partial charge is 0.396 e. The molecule has 2 N–H and O–H groups in total. The second kappa shape index (κ2) is 4.83. The highest BCUT2D eigenvalue weighted by atomic mass is 16.5. The minimum absolute atomic E-state index is 0.0955. The number of nitrogens with one attached hydrogen (secondary N) is 1. The molecular formula is C12H14N4O2. The van der Waals surface area contributed by atoms with Gasteiger partial charge in [-0.2, -0.15) is 4.98 Å². The van der Waals surface area contributed by atoms with Gasteiger partial charge in [-0.1, -0.05) is 5.16 Å².